The molecule has 1 aliphatic heterocycles. The van der Waals surface area contributed by atoms with Crippen molar-refractivity contribution in [3.63, 3.8) is 0 Å². The molecular weight excluding hydrogens is 270 g/mol. The van der Waals surface area contributed by atoms with Gasteiger partial charge in [-0.2, -0.15) is 0 Å². The van der Waals surface area contributed by atoms with Crippen molar-refractivity contribution in [2.75, 3.05) is 19.3 Å². The Kier molecular flexibility index (Phi) is 4.76. The fourth-order valence-corrected chi connectivity index (χ4v) is 3.00. The molecule has 20 heavy (non-hydrogen) atoms. The average molecular weight is 293 g/mol. The SMILES string of the molecule is CSc1ccc(CC(=O)N2CC[C@@H](C(C)(C)O)C2)cc1. The third kappa shape index (κ3) is 3.76. The minimum atomic E-state index is -0.699. The fraction of sp³-hybridized carbons (Fsp3) is 0.562. The quantitative estimate of drug-likeness (QED) is 0.867. The van der Waals surface area contributed by atoms with Gasteiger partial charge in [0, 0.05) is 23.9 Å². The van der Waals surface area contributed by atoms with Crippen LogP contribution in [0.1, 0.15) is 25.8 Å². The van der Waals surface area contributed by atoms with E-state index in [9.17, 15) is 9.90 Å². The molecule has 1 heterocycles. The third-order valence-corrected chi connectivity index (χ3v) is 4.80. The van der Waals surface area contributed by atoms with Gasteiger partial charge in [0.15, 0.2) is 0 Å². The standard InChI is InChI=1S/C16H23NO2S/c1-16(2,19)13-8-9-17(11-13)15(18)10-12-4-6-14(20-3)7-5-12/h4-7,13,19H,8-11H2,1-3H3/t13-/m1/s1. The Balaban J connectivity index is 1.92. The van der Waals surface area contributed by atoms with Crippen molar-refractivity contribution in [3.05, 3.63) is 29.8 Å². The first-order valence-electron chi connectivity index (χ1n) is 7.03. The Hall–Kier alpha value is -1.00. The first-order valence-corrected chi connectivity index (χ1v) is 8.25. The summed E-state index contributed by atoms with van der Waals surface area (Å²) in [6.07, 6.45) is 3.38. The van der Waals surface area contributed by atoms with Crippen molar-refractivity contribution in [1.29, 1.82) is 0 Å². The predicted molar refractivity (Wildman–Crippen MR) is 82.9 cm³/mol. The highest BCUT2D eigenvalue weighted by Crippen LogP contribution is 2.27. The van der Waals surface area contributed by atoms with Crippen LogP contribution in [0, 0.1) is 5.92 Å². The van der Waals surface area contributed by atoms with Gasteiger partial charge in [0.25, 0.3) is 0 Å². The second-order valence-electron chi connectivity index (χ2n) is 6.00. The number of carbonyl (C=O) groups is 1. The number of hydrogen-bond donors (Lipinski definition) is 1. The van der Waals surface area contributed by atoms with E-state index in [0.29, 0.717) is 13.0 Å². The normalized spacial score (nSPS) is 19.4. The number of nitrogens with zero attached hydrogens (tertiary/aromatic N) is 1. The van der Waals surface area contributed by atoms with E-state index >= 15 is 0 Å². The summed E-state index contributed by atoms with van der Waals surface area (Å²) in [7, 11) is 0. The molecule has 1 fully saturated rings. The van der Waals surface area contributed by atoms with E-state index in [1.54, 1.807) is 11.8 Å². The van der Waals surface area contributed by atoms with Crippen LogP contribution >= 0.6 is 11.8 Å². The lowest BCUT2D eigenvalue weighted by molar-refractivity contribution is -0.129. The summed E-state index contributed by atoms with van der Waals surface area (Å²) in [5.41, 5.74) is 0.356. The van der Waals surface area contributed by atoms with Crippen molar-refractivity contribution >= 4 is 17.7 Å². The zero-order valence-electron chi connectivity index (χ0n) is 12.4. The molecule has 2 rings (SSSR count). The van der Waals surface area contributed by atoms with Crippen LogP contribution in [0.2, 0.25) is 0 Å². The van der Waals surface area contributed by atoms with Gasteiger partial charge in [0.1, 0.15) is 0 Å². The zero-order valence-corrected chi connectivity index (χ0v) is 13.2. The molecule has 3 nitrogen and oxygen atoms in total. The number of aliphatic hydroxyl groups is 1. The van der Waals surface area contributed by atoms with Crippen LogP contribution in [0.25, 0.3) is 0 Å². The highest BCUT2D eigenvalue weighted by molar-refractivity contribution is 7.98. The van der Waals surface area contributed by atoms with Gasteiger partial charge in [-0.1, -0.05) is 12.1 Å². The van der Waals surface area contributed by atoms with Gasteiger partial charge in [0.2, 0.25) is 5.91 Å². The van der Waals surface area contributed by atoms with Crippen molar-refractivity contribution in [3.8, 4) is 0 Å². The van der Waals surface area contributed by atoms with Crippen LogP contribution in [-0.2, 0) is 11.2 Å². The van der Waals surface area contributed by atoms with Gasteiger partial charge in [-0.05, 0) is 44.2 Å². The van der Waals surface area contributed by atoms with Crippen LogP contribution in [0.4, 0.5) is 0 Å². The lowest BCUT2D eigenvalue weighted by Crippen LogP contribution is -2.36. The topological polar surface area (TPSA) is 40.5 Å². The van der Waals surface area contributed by atoms with Crippen LogP contribution in [0.5, 0.6) is 0 Å². The minimum Gasteiger partial charge on any atom is -0.390 e. The molecule has 4 heteroatoms. The molecule has 0 aromatic heterocycles. The molecule has 1 aliphatic rings. The van der Waals surface area contributed by atoms with Crippen LogP contribution < -0.4 is 0 Å². The van der Waals surface area contributed by atoms with Crippen molar-refractivity contribution in [2.24, 2.45) is 5.92 Å². The molecule has 1 atom stereocenters. The minimum absolute atomic E-state index is 0.161. The second-order valence-corrected chi connectivity index (χ2v) is 6.88. The number of hydrogen-bond acceptors (Lipinski definition) is 3. The Morgan fingerprint density at radius 2 is 2.05 bits per heavy atom. The van der Waals surface area contributed by atoms with E-state index in [2.05, 4.69) is 12.1 Å². The average Bonchev–Trinajstić information content (AvgIpc) is 2.89. The number of benzene rings is 1. The first kappa shape index (κ1) is 15.4. The largest absolute Gasteiger partial charge is 0.390 e. The van der Waals surface area contributed by atoms with E-state index in [1.807, 2.05) is 37.1 Å². The molecule has 0 aliphatic carbocycles. The smallest absolute Gasteiger partial charge is 0.227 e. The number of carbonyl (C=O) groups excluding carboxylic acids is 1. The van der Waals surface area contributed by atoms with E-state index < -0.39 is 5.60 Å². The molecule has 1 aromatic rings. The van der Waals surface area contributed by atoms with E-state index in [1.165, 1.54) is 4.90 Å². The molecule has 0 unspecified atom stereocenters. The van der Waals surface area contributed by atoms with Gasteiger partial charge in [-0.3, -0.25) is 4.79 Å². The van der Waals surface area contributed by atoms with E-state index in [0.717, 1.165) is 18.5 Å². The Bertz CT molecular complexity index is 464. The van der Waals surface area contributed by atoms with E-state index in [4.69, 9.17) is 0 Å². The lowest BCUT2D eigenvalue weighted by Gasteiger charge is -2.25. The molecule has 110 valence electrons. The van der Waals surface area contributed by atoms with Gasteiger partial charge >= 0.3 is 0 Å². The summed E-state index contributed by atoms with van der Waals surface area (Å²) in [5.74, 6) is 0.346. The summed E-state index contributed by atoms with van der Waals surface area (Å²) >= 11 is 1.70. The van der Waals surface area contributed by atoms with Gasteiger partial charge in [-0.15, -0.1) is 11.8 Å². The van der Waals surface area contributed by atoms with Crippen LogP contribution in [0.15, 0.2) is 29.2 Å². The molecule has 1 amide bonds. The maximum absolute atomic E-state index is 12.3. The van der Waals surface area contributed by atoms with Crippen molar-refractivity contribution < 1.29 is 9.90 Å². The highest BCUT2D eigenvalue weighted by atomic mass is 32.2. The Morgan fingerprint density at radius 3 is 2.55 bits per heavy atom. The summed E-state index contributed by atoms with van der Waals surface area (Å²) in [6, 6.07) is 8.15. The third-order valence-electron chi connectivity index (χ3n) is 4.05. The molecule has 1 aromatic carbocycles. The summed E-state index contributed by atoms with van der Waals surface area (Å²) < 4.78 is 0. The number of thioether (sulfide) groups is 1. The molecule has 0 bridgehead atoms. The lowest BCUT2D eigenvalue weighted by atomic mass is 9.90. The Labute approximate surface area is 125 Å². The molecule has 1 N–H and O–H groups in total. The second kappa shape index (κ2) is 6.19. The van der Waals surface area contributed by atoms with Crippen molar-refractivity contribution in [1.82, 2.24) is 4.90 Å². The molecule has 0 radical (unpaired) electrons. The zero-order chi connectivity index (χ0) is 14.8. The van der Waals surface area contributed by atoms with Crippen LogP contribution in [0.3, 0.4) is 0 Å². The van der Waals surface area contributed by atoms with E-state index in [-0.39, 0.29) is 11.8 Å². The summed E-state index contributed by atoms with van der Waals surface area (Å²) in [5, 5.41) is 10.0. The summed E-state index contributed by atoms with van der Waals surface area (Å²) in [4.78, 5) is 15.4. The fourth-order valence-electron chi connectivity index (χ4n) is 2.59. The first-order chi connectivity index (χ1) is 9.40. The van der Waals surface area contributed by atoms with Gasteiger partial charge in [0.05, 0.1) is 12.0 Å². The number of rotatable bonds is 4. The predicted octanol–water partition coefficient (Wildman–Crippen LogP) is 2.57. The molecular formula is C16H23NO2S. The van der Waals surface area contributed by atoms with Crippen molar-refractivity contribution in [2.45, 2.75) is 37.2 Å². The number of likely N-dealkylation sites (tertiary alicyclic amines) is 1. The van der Waals surface area contributed by atoms with Gasteiger partial charge < -0.3 is 10.0 Å². The summed E-state index contributed by atoms with van der Waals surface area (Å²) in [6.45, 7) is 5.08. The molecule has 0 spiro atoms. The monoisotopic (exact) mass is 293 g/mol. The number of amides is 1. The molecule has 1 saturated heterocycles. The Morgan fingerprint density at radius 1 is 1.40 bits per heavy atom. The van der Waals surface area contributed by atoms with Crippen LogP contribution in [-0.4, -0.2) is 40.9 Å². The molecule has 0 saturated carbocycles. The maximum Gasteiger partial charge on any atom is 0.227 e. The maximum atomic E-state index is 12.3. The highest BCUT2D eigenvalue weighted by Gasteiger charge is 2.35. The van der Waals surface area contributed by atoms with Gasteiger partial charge in [-0.25, -0.2) is 0 Å².